The number of rotatable bonds is 12. The van der Waals surface area contributed by atoms with Crippen LogP contribution >= 0.6 is 22.7 Å². The van der Waals surface area contributed by atoms with E-state index in [4.69, 9.17) is 4.74 Å². The lowest BCUT2D eigenvalue weighted by molar-refractivity contribution is -0.160. The van der Waals surface area contributed by atoms with Crippen molar-refractivity contribution < 1.29 is 54.8 Å². The van der Waals surface area contributed by atoms with Gasteiger partial charge in [-0.25, -0.2) is 14.8 Å². The maximum atomic E-state index is 13.0. The summed E-state index contributed by atoms with van der Waals surface area (Å²) >= 11 is 2.31. The molecular weight excluding hydrogens is 941 g/mol. The van der Waals surface area contributed by atoms with Gasteiger partial charge >= 0.3 is 30.1 Å². The van der Waals surface area contributed by atoms with Crippen molar-refractivity contribution in [2.24, 2.45) is 0 Å². The fourth-order valence-electron chi connectivity index (χ4n) is 5.93. The number of aromatic nitrogens is 12. The molecule has 1 amide bonds. The summed E-state index contributed by atoms with van der Waals surface area (Å²) in [4.78, 5) is 54.8. The number of nitrogens with zero attached hydrogens (tertiary/aromatic N) is 15. The van der Waals surface area contributed by atoms with Gasteiger partial charge in [0.15, 0.2) is 23.3 Å². The van der Waals surface area contributed by atoms with Gasteiger partial charge in [-0.1, -0.05) is 10.3 Å². The Labute approximate surface area is 378 Å². The van der Waals surface area contributed by atoms with Crippen molar-refractivity contribution in [3.8, 4) is 21.4 Å². The SMILES string of the molecule is O=C(O)c1cnnc(N(Cc2ccc(-c3noc(C(F)(F)F)n3)s2)c2cnccn2)c1.O=C(c1cnnc(N(Cc2ccc(-c3noc(C(F)(F)F)n3)s2)c2cnccn2)c1)N1CCOCC1. The number of carboxylic acids is 1. The van der Waals surface area contributed by atoms with Crippen molar-refractivity contribution in [3.05, 3.63) is 119 Å². The second-order valence-electron chi connectivity index (χ2n) is 13.5. The molecule has 9 rings (SSSR count). The second-order valence-corrected chi connectivity index (χ2v) is 15.8. The molecule has 0 unspecified atom stereocenters. The summed E-state index contributed by atoms with van der Waals surface area (Å²) in [5.41, 5.74) is 0.284. The van der Waals surface area contributed by atoms with E-state index in [2.05, 4.69) is 69.7 Å². The van der Waals surface area contributed by atoms with Gasteiger partial charge in [0.2, 0.25) is 11.6 Å². The molecule has 344 valence electrons. The molecular formula is C38H27F6N15O6S2. The number of ether oxygens (including phenoxy) is 1. The Balaban J connectivity index is 0.000000184. The molecule has 0 aliphatic carbocycles. The Morgan fingerprint density at radius 1 is 0.657 bits per heavy atom. The molecule has 0 aromatic carbocycles. The highest BCUT2D eigenvalue weighted by molar-refractivity contribution is 7.15. The van der Waals surface area contributed by atoms with Crippen molar-refractivity contribution in [1.82, 2.24) is 65.5 Å². The van der Waals surface area contributed by atoms with E-state index in [-0.39, 0.29) is 42.0 Å². The molecule has 0 bridgehead atoms. The summed E-state index contributed by atoms with van der Waals surface area (Å²) < 4.78 is 90.4. The number of hydrogen-bond acceptors (Lipinski definition) is 21. The highest BCUT2D eigenvalue weighted by Crippen LogP contribution is 2.35. The van der Waals surface area contributed by atoms with Gasteiger partial charge < -0.3 is 33.6 Å². The third-order valence-corrected chi connectivity index (χ3v) is 11.1. The molecule has 0 spiro atoms. The molecule has 0 atom stereocenters. The summed E-state index contributed by atoms with van der Waals surface area (Å²) in [5, 5.41) is 31.9. The number of thiophene rings is 2. The van der Waals surface area contributed by atoms with Gasteiger partial charge in [-0.15, -0.1) is 32.9 Å². The van der Waals surface area contributed by atoms with Crippen LogP contribution in [0.5, 0.6) is 0 Å². The lowest BCUT2D eigenvalue weighted by Gasteiger charge is -2.27. The zero-order valence-corrected chi connectivity index (χ0v) is 35.2. The predicted octanol–water partition coefficient (Wildman–Crippen LogP) is 6.64. The molecule has 1 fully saturated rings. The maximum Gasteiger partial charge on any atom is 0.471 e. The number of aromatic carboxylic acids is 1. The fraction of sp³-hybridized carbons (Fsp3) is 0.211. The van der Waals surface area contributed by atoms with Crippen LogP contribution in [0.25, 0.3) is 21.4 Å². The van der Waals surface area contributed by atoms with Gasteiger partial charge in [-0.3, -0.25) is 14.8 Å². The molecule has 1 aliphatic heterocycles. The Bertz CT molecular complexity index is 2950. The summed E-state index contributed by atoms with van der Waals surface area (Å²) in [7, 11) is 0. The third kappa shape index (κ3) is 11.1. The van der Waals surface area contributed by atoms with E-state index in [1.807, 2.05) is 0 Å². The summed E-state index contributed by atoms with van der Waals surface area (Å²) in [5.74, 6) is -3.20. The number of alkyl halides is 6. The van der Waals surface area contributed by atoms with E-state index in [9.17, 15) is 41.0 Å². The molecule has 21 nitrogen and oxygen atoms in total. The van der Waals surface area contributed by atoms with E-state index in [1.54, 1.807) is 45.0 Å². The van der Waals surface area contributed by atoms with Gasteiger partial charge in [0.05, 0.1) is 72.0 Å². The average Bonchev–Trinajstić information content (AvgIpc) is 4.19. The molecule has 1 N–H and O–H groups in total. The first-order valence-corrected chi connectivity index (χ1v) is 20.7. The predicted molar refractivity (Wildman–Crippen MR) is 219 cm³/mol. The zero-order valence-electron chi connectivity index (χ0n) is 33.6. The Morgan fingerprint density at radius 2 is 1.13 bits per heavy atom. The number of amides is 1. The first-order valence-electron chi connectivity index (χ1n) is 19.0. The minimum absolute atomic E-state index is 0.0720. The standard InChI is InChI=1S/C21H17F3N8O3S.C17H10F3N7O3S/c22-21(23,24)20-28-18(30-35-20)15-2-1-14(36-15)12-32(17-11-25-3-4-26-17)16-9-13(10-27-29-16)19(33)31-5-7-34-8-6-31;18-17(19,20)16-24-14(26-30-16)11-2-1-10(31-11)8-27(13-7-21-3-4-22-13)12-5-9(15(28)29)6-23-25-12/h1-4,9-11H,5-8,12H2;1-7H,8H2,(H,28,29). The van der Waals surface area contributed by atoms with Crippen molar-refractivity contribution >= 4 is 57.8 Å². The maximum absolute atomic E-state index is 13.0. The van der Waals surface area contributed by atoms with Crippen LogP contribution in [0.2, 0.25) is 0 Å². The van der Waals surface area contributed by atoms with Crippen LogP contribution in [0, 0.1) is 0 Å². The van der Waals surface area contributed by atoms with E-state index < -0.39 is 30.1 Å². The van der Waals surface area contributed by atoms with Crippen LogP contribution in [-0.2, 0) is 30.2 Å². The number of halogens is 6. The number of carbonyl (C=O) groups excluding carboxylic acids is 1. The Kier molecular flexibility index (Phi) is 13.4. The van der Waals surface area contributed by atoms with E-state index >= 15 is 0 Å². The summed E-state index contributed by atoms with van der Waals surface area (Å²) in [6.45, 7) is 2.27. The van der Waals surface area contributed by atoms with Crippen molar-refractivity contribution in [3.63, 3.8) is 0 Å². The minimum atomic E-state index is -4.73. The van der Waals surface area contributed by atoms with Crippen LogP contribution in [-0.4, -0.2) is 109 Å². The molecule has 9 heterocycles. The second kappa shape index (κ2) is 19.7. The van der Waals surface area contributed by atoms with Crippen LogP contribution in [0.15, 0.2) is 95.0 Å². The smallest absolute Gasteiger partial charge is 0.471 e. The Morgan fingerprint density at radius 3 is 1.57 bits per heavy atom. The monoisotopic (exact) mass is 967 g/mol. The number of anilines is 4. The zero-order chi connectivity index (χ0) is 47.1. The van der Waals surface area contributed by atoms with Gasteiger partial charge in [0.1, 0.15) is 0 Å². The molecule has 67 heavy (non-hydrogen) atoms. The van der Waals surface area contributed by atoms with Gasteiger partial charge in [0, 0.05) is 47.6 Å². The molecule has 0 radical (unpaired) electrons. The molecule has 1 saturated heterocycles. The van der Waals surface area contributed by atoms with E-state index in [0.29, 0.717) is 64.0 Å². The fourth-order valence-corrected chi connectivity index (χ4v) is 7.78. The number of morpholine rings is 1. The van der Waals surface area contributed by atoms with Crippen LogP contribution in [0.3, 0.4) is 0 Å². The largest absolute Gasteiger partial charge is 0.478 e. The van der Waals surface area contributed by atoms with E-state index in [0.717, 1.165) is 22.4 Å². The number of carboxylic acid groups (broad SMARTS) is 1. The highest BCUT2D eigenvalue weighted by Gasteiger charge is 2.39. The number of carbonyl (C=O) groups is 2. The number of hydrogen-bond donors (Lipinski definition) is 1. The quantitative estimate of drug-likeness (QED) is 0.126. The normalized spacial score (nSPS) is 12.9. The molecule has 8 aromatic rings. The molecule has 8 aromatic heterocycles. The van der Waals surface area contributed by atoms with Crippen LogP contribution < -0.4 is 9.80 Å². The lowest BCUT2D eigenvalue weighted by atomic mass is 10.2. The van der Waals surface area contributed by atoms with Crippen molar-refractivity contribution in [2.75, 3.05) is 36.1 Å². The van der Waals surface area contributed by atoms with Gasteiger partial charge in [-0.05, 0) is 36.4 Å². The van der Waals surface area contributed by atoms with Crippen molar-refractivity contribution in [1.29, 1.82) is 0 Å². The first-order chi connectivity index (χ1) is 32.2. The molecule has 29 heteroatoms. The van der Waals surface area contributed by atoms with Crippen LogP contribution in [0.4, 0.5) is 49.6 Å². The summed E-state index contributed by atoms with van der Waals surface area (Å²) in [6.07, 6.45) is 1.98. The summed E-state index contributed by atoms with van der Waals surface area (Å²) in [6, 6.07) is 9.49. The molecule has 0 saturated carbocycles. The first kappa shape index (κ1) is 45.6. The minimum Gasteiger partial charge on any atom is -0.478 e. The topological polar surface area (TPSA) is 254 Å². The van der Waals surface area contributed by atoms with Gasteiger partial charge in [-0.2, -0.15) is 46.5 Å². The third-order valence-electron chi connectivity index (χ3n) is 9.01. The van der Waals surface area contributed by atoms with Crippen LogP contribution in [0.1, 0.15) is 42.3 Å². The molecule has 1 aliphatic rings. The van der Waals surface area contributed by atoms with Gasteiger partial charge in [0.25, 0.3) is 5.91 Å². The average molecular weight is 968 g/mol. The van der Waals surface area contributed by atoms with E-state index in [1.165, 1.54) is 60.8 Å². The highest BCUT2D eigenvalue weighted by atomic mass is 32.1. The Hall–Kier alpha value is -7.92. The lowest BCUT2D eigenvalue weighted by Crippen LogP contribution is -2.40. The van der Waals surface area contributed by atoms with Crippen molar-refractivity contribution in [2.45, 2.75) is 25.4 Å².